The van der Waals surface area contributed by atoms with Gasteiger partial charge in [0.05, 0.1) is 18.4 Å². The lowest BCUT2D eigenvalue weighted by molar-refractivity contribution is 0.125. The third kappa shape index (κ3) is 4.71. The Balaban J connectivity index is 2.86. The molecule has 0 bridgehead atoms. The Hall–Kier alpha value is -1.61. The molecule has 1 saturated heterocycles. The fraction of sp³-hybridized carbons (Fsp3) is 0.733. The summed E-state index contributed by atoms with van der Waals surface area (Å²) in [7, 11) is 3.56. The number of amidine groups is 1. The van der Waals surface area contributed by atoms with Gasteiger partial charge in [-0.2, -0.15) is 10.3 Å². The maximum atomic E-state index is 13.7. The molecule has 1 unspecified atom stereocenters. The summed E-state index contributed by atoms with van der Waals surface area (Å²) in [6.45, 7) is 4.73. The van der Waals surface area contributed by atoms with E-state index in [1.165, 1.54) is 0 Å². The monoisotopic (exact) mass is 297 g/mol. The third-order valence-electron chi connectivity index (χ3n) is 3.39. The van der Waals surface area contributed by atoms with Crippen molar-refractivity contribution >= 4 is 6.02 Å². The second-order valence-corrected chi connectivity index (χ2v) is 5.33. The standard InChI is InChI=1S/C15H24FN3O2/c1-5-12(16)13(6-2)18-14(19(3)4)21-11-15(9-17)7-8-20-10-15/h5-8,10-11H2,1-4H3/b13-12-,18-14?. The van der Waals surface area contributed by atoms with Crippen molar-refractivity contribution in [2.75, 3.05) is 33.9 Å². The normalized spacial score (nSPS) is 23.5. The predicted molar refractivity (Wildman–Crippen MR) is 79.3 cm³/mol. The molecule has 21 heavy (non-hydrogen) atoms. The molecule has 1 aliphatic rings. The van der Waals surface area contributed by atoms with Crippen molar-refractivity contribution in [3.63, 3.8) is 0 Å². The van der Waals surface area contributed by atoms with Gasteiger partial charge in [-0.1, -0.05) is 13.8 Å². The lowest BCUT2D eigenvalue weighted by Gasteiger charge is -2.22. The van der Waals surface area contributed by atoms with Crippen LogP contribution in [-0.4, -0.2) is 44.8 Å². The first kappa shape index (κ1) is 17.4. The maximum absolute atomic E-state index is 13.7. The molecule has 6 heteroatoms. The highest BCUT2D eigenvalue weighted by atomic mass is 19.1. The number of aliphatic imine (C=N–C) groups is 1. The van der Waals surface area contributed by atoms with Gasteiger partial charge in [-0.3, -0.25) is 0 Å². The summed E-state index contributed by atoms with van der Waals surface area (Å²) in [6, 6.07) is 2.58. The minimum Gasteiger partial charge on any atom is -0.463 e. The number of nitriles is 1. The molecule has 0 saturated carbocycles. The van der Waals surface area contributed by atoms with E-state index in [1.807, 2.05) is 6.92 Å². The van der Waals surface area contributed by atoms with Crippen molar-refractivity contribution < 1.29 is 13.9 Å². The molecule has 1 heterocycles. The van der Waals surface area contributed by atoms with Crippen molar-refractivity contribution in [2.45, 2.75) is 33.1 Å². The Bertz CT molecular complexity index is 446. The van der Waals surface area contributed by atoms with E-state index >= 15 is 0 Å². The SMILES string of the molecule is CC/C(F)=C(\CC)N=C(OCC1(C#N)CCOC1)N(C)C. The number of nitrogens with zero attached hydrogens (tertiary/aromatic N) is 3. The van der Waals surface area contributed by atoms with E-state index in [0.29, 0.717) is 44.2 Å². The van der Waals surface area contributed by atoms with Crippen LogP contribution in [0.25, 0.3) is 0 Å². The molecule has 118 valence electrons. The van der Waals surface area contributed by atoms with E-state index in [2.05, 4.69) is 11.1 Å². The van der Waals surface area contributed by atoms with E-state index < -0.39 is 5.41 Å². The van der Waals surface area contributed by atoms with Gasteiger partial charge in [0.2, 0.25) is 0 Å². The molecule has 1 aliphatic heterocycles. The number of allylic oxidation sites excluding steroid dienone is 2. The Morgan fingerprint density at radius 1 is 1.43 bits per heavy atom. The van der Waals surface area contributed by atoms with Crippen molar-refractivity contribution in [2.24, 2.45) is 10.4 Å². The van der Waals surface area contributed by atoms with Gasteiger partial charge in [0, 0.05) is 20.7 Å². The van der Waals surface area contributed by atoms with E-state index in [-0.39, 0.29) is 12.4 Å². The molecule has 0 spiro atoms. The average Bonchev–Trinajstić information content (AvgIpc) is 2.96. The fourth-order valence-electron chi connectivity index (χ4n) is 1.96. The van der Waals surface area contributed by atoms with Gasteiger partial charge >= 0.3 is 0 Å². The Kier molecular flexibility index (Phi) is 6.63. The summed E-state index contributed by atoms with van der Waals surface area (Å²) in [5.41, 5.74) is -0.245. The van der Waals surface area contributed by atoms with E-state index in [1.54, 1.807) is 25.9 Å². The van der Waals surface area contributed by atoms with Crippen molar-refractivity contribution in [3.05, 3.63) is 11.5 Å². The van der Waals surface area contributed by atoms with Crippen LogP contribution >= 0.6 is 0 Å². The van der Waals surface area contributed by atoms with Crippen LogP contribution in [0.5, 0.6) is 0 Å². The largest absolute Gasteiger partial charge is 0.463 e. The first-order valence-corrected chi connectivity index (χ1v) is 7.23. The predicted octanol–water partition coefficient (Wildman–Crippen LogP) is 2.85. The molecule has 0 N–H and O–H groups in total. The summed E-state index contributed by atoms with van der Waals surface area (Å²) in [4.78, 5) is 5.95. The van der Waals surface area contributed by atoms with Gasteiger partial charge in [0.15, 0.2) is 0 Å². The van der Waals surface area contributed by atoms with E-state index in [0.717, 1.165) is 0 Å². The molecule has 0 amide bonds. The first-order valence-electron chi connectivity index (χ1n) is 7.23. The van der Waals surface area contributed by atoms with Crippen molar-refractivity contribution in [1.82, 2.24) is 4.90 Å². The van der Waals surface area contributed by atoms with Crippen LogP contribution in [0.1, 0.15) is 33.1 Å². The molecule has 0 aromatic heterocycles. The highest BCUT2D eigenvalue weighted by molar-refractivity contribution is 5.74. The number of hydrogen-bond donors (Lipinski definition) is 0. The minimum absolute atomic E-state index is 0.200. The van der Waals surface area contributed by atoms with Crippen LogP contribution < -0.4 is 0 Å². The first-order chi connectivity index (χ1) is 9.98. The molecular weight excluding hydrogens is 273 g/mol. The Labute approximate surface area is 126 Å². The van der Waals surface area contributed by atoms with Crippen LogP contribution in [0.15, 0.2) is 16.5 Å². The second-order valence-electron chi connectivity index (χ2n) is 5.33. The zero-order valence-corrected chi connectivity index (χ0v) is 13.3. The smallest absolute Gasteiger partial charge is 0.291 e. The number of halogens is 1. The molecule has 0 aromatic rings. The summed E-state index contributed by atoms with van der Waals surface area (Å²) in [5, 5.41) is 9.29. The topological polar surface area (TPSA) is 57.9 Å². The fourth-order valence-corrected chi connectivity index (χ4v) is 1.96. The summed E-state index contributed by atoms with van der Waals surface area (Å²) in [5.74, 6) is -0.236. The molecule has 0 radical (unpaired) electrons. The summed E-state index contributed by atoms with van der Waals surface area (Å²) < 4.78 is 24.7. The number of ether oxygens (including phenoxy) is 2. The summed E-state index contributed by atoms with van der Waals surface area (Å²) in [6.07, 6.45) is 1.44. The van der Waals surface area contributed by atoms with Gasteiger partial charge in [-0.25, -0.2) is 4.39 Å². The third-order valence-corrected chi connectivity index (χ3v) is 3.39. The summed E-state index contributed by atoms with van der Waals surface area (Å²) >= 11 is 0. The van der Waals surface area contributed by atoms with Gasteiger partial charge in [-0.15, -0.1) is 0 Å². The van der Waals surface area contributed by atoms with Crippen LogP contribution in [-0.2, 0) is 9.47 Å². The van der Waals surface area contributed by atoms with Gasteiger partial charge in [0.25, 0.3) is 6.02 Å². The zero-order valence-electron chi connectivity index (χ0n) is 13.3. The van der Waals surface area contributed by atoms with Crippen molar-refractivity contribution in [1.29, 1.82) is 5.26 Å². The molecule has 1 fully saturated rings. The van der Waals surface area contributed by atoms with E-state index in [9.17, 15) is 9.65 Å². The van der Waals surface area contributed by atoms with Crippen LogP contribution in [0.3, 0.4) is 0 Å². The number of hydrogen-bond acceptors (Lipinski definition) is 4. The molecule has 0 aliphatic carbocycles. The Morgan fingerprint density at radius 3 is 2.57 bits per heavy atom. The highest BCUT2D eigenvalue weighted by Crippen LogP contribution is 2.28. The highest BCUT2D eigenvalue weighted by Gasteiger charge is 2.36. The Morgan fingerprint density at radius 2 is 2.14 bits per heavy atom. The lowest BCUT2D eigenvalue weighted by Crippen LogP contribution is -2.32. The second kappa shape index (κ2) is 7.99. The molecule has 1 atom stereocenters. The van der Waals surface area contributed by atoms with Crippen LogP contribution in [0.4, 0.5) is 4.39 Å². The molecular formula is C15H24FN3O2. The van der Waals surface area contributed by atoms with E-state index in [4.69, 9.17) is 9.47 Å². The average molecular weight is 297 g/mol. The molecule has 5 nitrogen and oxygen atoms in total. The number of rotatable bonds is 5. The van der Waals surface area contributed by atoms with Crippen molar-refractivity contribution in [3.8, 4) is 6.07 Å². The molecule has 0 aromatic carbocycles. The van der Waals surface area contributed by atoms with Gasteiger partial charge in [0.1, 0.15) is 17.8 Å². The minimum atomic E-state index is -0.629. The quantitative estimate of drug-likeness (QED) is 0.578. The van der Waals surface area contributed by atoms with Crippen LogP contribution in [0, 0.1) is 16.7 Å². The zero-order chi connectivity index (χ0) is 15.9. The molecule has 1 rings (SSSR count). The van der Waals surface area contributed by atoms with Gasteiger partial charge in [-0.05, 0) is 19.3 Å². The van der Waals surface area contributed by atoms with Gasteiger partial charge < -0.3 is 14.4 Å². The van der Waals surface area contributed by atoms with Crippen LogP contribution in [0.2, 0.25) is 0 Å². The lowest BCUT2D eigenvalue weighted by atomic mass is 9.91. The maximum Gasteiger partial charge on any atom is 0.291 e.